The standard InChI is InChI=1S/C19H25N5O2/c1-14-3-4-17(15(2)11-14)23-19-21-12-16(13-22-19)18(25)20-5-6-24-7-9-26-10-8-24/h3-4,11-13H,5-10H2,1-2H3,(H,20,25)(H,21,22,23). The molecule has 2 N–H and O–H groups in total. The molecule has 1 aliphatic heterocycles. The van der Waals surface area contributed by atoms with E-state index in [1.165, 1.54) is 5.56 Å². The lowest BCUT2D eigenvalue weighted by Gasteiger charge is -2.26. The fourth-order valence-electron chi connectivity index (χ4n) is 2.84. The summed E-state index contributed by atoms with van der Waals surface area (Å²) in [6.45, 7) is 8.86. The first kappa shape index (κ1) is 18.3. The molecule has 0 unspecified atom stereocenters. The molecule has 1 aromatic heterocycles. The number of nitrogens with one attached hydrogen (secondary N) is 2. The number of carbonyl (C=O) groups excluding carboxylic acids is 1. The first-order valence-electron chi connectivity index (χ1n) is 8.86. The number of benzene rings is 1. The maximum absolute atomic E-state index is 12.2. The predicted molar refractivity (Wildman–Crippen MR) is 101 cm³/mol. The number of ether oxygens (including phenoxy) is 1. The molecule has 1 aliphatic rings. The van der Waals surface area contributed by atoms with Gasteiger partial charge in [0.05, 0.1) is 18.8 Å². The lowest BCUT2D eigenvalue weighted by atomic mass is 10.1. The van der Waals surface area contributed by atoms with E-state index < -0.39 is 0 Å². The molecule has 1 fully saturated rings. The van der Waals surface area contributed by atoms with Crippen molar-refractivity contribution >= 4 is 17.5 Å². The number of nitrogens with zero attached hydrogens (tertiary/aromatic N) is 3. The van der Waals surface area contributed by atoms with Crippen LogP contribution in [0.5, 0.6) is 0 Å². The monoisotopic (exact) mass is 355 g/mol. The minimum atomic E-state index is -0.156. The summed E-state index contributed by atoms with van der Waals surface area (Å²) in [5, 5.41) is 6.09. The maximum atomic E-state index is 12.2. The third kappa shape index (κ3) is 5.00. The average molecular weight is 355 g/mol. The summed E-state index contributed by atoms with van der Waals surface area (Å²) in [5.41, 5.74) is 3.74. The van der Waals surface area contributed by atoms with Crippen LogP contribution in [-0.4, -0.2) is 60.2 Å². The molecule has 7 heteroatoms. The molecule has 0 bridgehead atoms. The van der Waals surface area contributed by atoms with Crippen molar-refractivity contribution in [2.24, 2.45) is 0 Å². The number of aryl methyl sites for hydroxylation is 2. The molecule has 0 saturated carbocycles. The van der Waals surface area contributed by atoms with Crippen LogP contribution in [0.2, 0.25) is 0 Å². The van der Waals surface area contributed by atoms with Gasteiger partial charge in [0.25, 0.3) is 5.91 Å². The predicted octanol–water partition coefficient (Wildman–Crippen LogP) is 1.90. The van der Waals surface area contributed by atoms with Crippen LogP contribution in [0.3, 0.4) is 0 Å². The van der Waals surface area contributed by atoms with Gasteiger partial charge in [-0.3, -0.25) is 9.69 Å². The van der Waals surface area contributed by atoms with Crippen molar-refractivity contribution in [1.82, 2.24) is 20.2 Å². The summed E-state index contributed by atoms with van der Waals surface area (Å²) in [7, 11) is 0. The molecule has 0 aliphatic carbocycles. The molecule has 7 nitrogen and oxygen atoms in total. The fourth-order valence-corrected chi connectivity index (χ4v) is 2.84. The lowest BCUT2D eigenvalue weighted by molar-refractivity contribution is 0.0383. The molecular weight excluding hydrogens is 330 g/mol. The third-order valence-corrected chi connectivity index (χ3v) is 4.36. The van der Waals surface area contributed by atoms with Gasteiger partial charge in [0.2, 0.25) is 5.95 Å². The van der Waals surface area contributed by atoms with Gasteiger partial charge in [0, 0.05) is 44.3 Å². The Morgan fingerprint density at radius 1 is 1.19 bits per heavy atom. The largest absolute Gasteiger partial charge is 0.379 e. The molecule has 1 amide bonds. The van der Waals surface area contributed by atoms with Gasteiger partial charge in [-0.25, -0.2) is 9.97 Å². The Balaban J connectivity index is 1.50. The minimum absolute atomic E-state index is 0.156. The summed E-state index contributed by atoms with van der Waals surface area (Å²) in [5.74, 6) is 0.318. The quantitative estimate of drug-likeness (QED) is 0.824. The fraction of sp³-hybridized carbons (Fsp3) is 0.421. The van der Waals surface area contributed by atoms with E-state index in [1.54, 1.807) is 12.4 Å². The van der Waals surface area contributed by atoms with Gasteiger partial charge >= 0.3 is 0 Å². The Hall–Kier alpha value is -2.51. The van der Waals surface area contributed by atoms with Crippen molar-refractivity contribution in [2.45, 2.75) is 13.8 Å². The highest BCUT2D eigenvalue weighted by Gasteiger charge is 2.11. The van der Waals surface area contributed by atoms with Crippen molar-refractivity contribution in [1.29, 1.82) is 0 Å². The number of rotatable bonds is 6. The van der Waals surface area contributed by atoms with E-state index >= 15 is 0 Å². The van der Waals surface area contributed by atoms with Crippen molar-refractivity contribution in [3.8, 4) is 0 Å². The van der Waals surface area contributed by atoms with Gasteiger partial charge in [-0.05, 0) is 25.5 Å². The normalized spacial score (nSPS) is 14.8. The molecule has 3 rings (SSSR count). The zero-order valence-corrected chi connectivity index (χ0v) is 15.3. The van der Waals surface area contributed by atoms with Crippen LogP contribution in [0, 0.1) is 13.8 Å². The highest BCUT2D eigenvalue weighted by atomic mass is 16.5. The Morgan fingerprint density at radius 2 is 1.92 bits per heavy atom. The molecular formula is C19H25N5O2. The molecule has 2 aromatic rings. The molecule has 0 atom stereocenters. The molecule has 2 heterocycles. The molecule has 0 spiro atoms. The number of amides is 1. The second-order valence-corrected chi connectivity index (χ2v) is 6.45. The summed E-state index contributed by atoms with van der Waals surface area (Å²) >= 11 is 0. The molecule has 0 radical (unpaired) electrons. The van der Waals surface area contributed by atoms with Crippen LogP contribution in [0.1, 0.15) is 21.5 Å². The van der Waals surface area contributed by atoms with E-state index in [0.29, 0.717) is 18.1 Å². The van der Waals surface area contributed by atoms with E-state index in [-0.39, 0.29) is 5.91 Å². The molecule has 138 valence electrons. The van der Waals surface area contributed by atoms with Gasteiger partial charge in [-0.1, -0.05) is 17.7 Å². The number of morpholine rings is 1. The molecule has 1 aromatic carbocycles. The van der Waals surface area contributed by atoms with Crippen molar-refractivity contribution in [2.75, 3.05) is 44.7 Å². The number of anilines is 2. The Kier molecular flexibility index (Phi) is 6.14. The Labute approximate surface area is 153 Å². The van der Waals surface area contributed by atoms with Gasteiger partial charge in [-0.2, -0.15) is 0 Å². The summed E-state index contributed by atoms with van der Waals surface area (Å²) in [6.07, 6.45) is 3.09. The molecule has 26 heavy (non-hydrogen) atoms. The van der Waals surface area contributed by atoms with Crippen LogP contribution in [0.15, 0.2) is 30.6 Å². The average Bonchev–Trinajstić information content (AvgIpc) is 2.65. The van der Waals surface area contributed by atoms with E-state index in [4.69, 9.17) is 4.74 Å². The topological polar surface area (TPSA) is 79.4 Å². The van der Waals surface area contributed by atoms with Crippen LogP contribution in [0.25, 0.3) is 0 Å². The highest BCUT2D eigenvalue weighted by Crippen LogP contribution is 2.19. The van der Waals surface area contributed by atoms with E-state index in [0.717, 1.165) is 44.1 Å². The van der Waals surface area contributed by atoms with E-state index in [2.05, 4.69) is 38.5 Å². The second kappa shape index (κ2) is 8.73. The third-order valence-electron chi connectivity index (χ3n) is 4.36. The zero-order valence-electron chi connectivity index (χ0n) is 15.3. The van der Waals surface area contributed by atoms with Crippen LogP contribution in [0.4, 0.5) is 11.6 Å². The van der Waals surface area contributed by atoms with Gasteiger partial charge in [0.15, 0.2) is 0 Å². The van der Waals surface area contributed by atoms with Crippen molar-refractivity contribution in [3.63, 3.8) is 0 Å². The van der Waals surface area contributed by atoms with Gasteiger partial charge in [-0.15, -0.1) is 0 Å². The SMILES string of the molecule is Cc1ccc(Nc2ncc(C(=O)NCCN3CCOCC3)cn2)c(C)c1. The summed E-state index contributed by atoms with van der Waals surface area (Å²) < 4.78 is 5.31. The number of aromatic nitrogens is 2. The molecule has 1 saturated heterocycles. The lowest BCUT2D eigenvalue weighted by Crippen LogP contribution is -2.41. The minimum Gasteiger partial charge on any atom is -0.379 e. The number of hydrogen-bond acceptors (Lipinski definition) is 6. The Morgan fingerprint density at radius 3 is 2.62 bits per heavy atom. The smallest absolute Gasteiger partial charge is 0.254 e. The van der Waals surface area contributed by atoms with Gasteiger partial charge in [0.1, 0.15) is 0 Å². The zero-order chi connectivity index (χ0) is 18.4. The van der Waals surface area contributed by atoms with Crippen molar-refractivity contribution < 1.29 is 9.53 Å². The van der Waals surface area contributed by atoms with Crippen LogP contribution >= 0.6 is 0 Å². The summed E-state index contributed by atoms with van der Waals surface area (Å²) in [4.78, 5) is 23.0. The summed E-state index contributed by atoms with van der Waals surface area (Å²) in [6, 6.07) is 6.13. The maximum Gasteiger partial charge on any atom is 0.254 e. The number of hydrogen-bond donors (Lipinski definition) is 2. The van der Waals surface area contributed by atoms with E-state index in [9.17, 15) is 4.79 Å². The number of carbonyl (C=O) groups is 1. The first-order chi connectivity index (χ1) is 12.6. The second-order valence-electron chi connectivity index (χ2n) is 6.45. The first-order valence-corrected chi connectivity index (χ1v) is 8.86. The Bertz CT molecular complexity index is 742. The van der Waals surface area contributed by atoms with Gasteiger partial charge < -0.3 is 15.4 Å². The van der Waals surface area contributed by atoms with Crippen LogP contribution in [-0.2, 0) is 4.74 Å². The van der Waals surface area contributed by atoms with Crippen molar-refractivity contribution in [3.05, 3.63) is 47.3 Å². The highest BCUT2D eigenvalue weighted by molar-refractivity contribution is 5.93. The van der Waals surface area contributed by atoms with E-state index in [1.807, 2.05) is 19.1 Å². The van der Waals surface area contributed by atoms with Crippen LogP contribution < -0.4 is 10.6 Å².